The van der Waals surface area contributed by atoms with Gasteiger partial charge in [-0.15, -0.1) is 0 Å². The lowest BCUT2D eigenvalue weighted by Crippen LogP contribution is -2.26. The van der Waals surface area contributed by atoms with Crippen LogP contribution >= 0.6 is 0 Å². The summed E-state index contributed by atoms with van der Waals surface area (Å²) in [5.41, 5.74) is 6.67. The van der Waals surface area contributed by atoms with E-state index in [2.05, 4.69) is 64.3 Å². The van der Waals surface area contributed by atoms with Crippen molar-refractivity contribution in [2.45, 2.75) is 19.9 Å². The molecule has 5 rings (SSSR count). The number of benzene rings is 3. The first-order valence-electron chi connectivity index (χ1n) is 11.7. The molecule has 3 aromatic carbocycles. The Morgan fingerprint density at radius 3 is 2.69 bits per heavy atom. The number of nitriles is 1. The summed E-state index contributed by atoms with van der Waals surface area (Å²) in [5, 5.41) is 14.8. The van der Waals surface area contributed by atoms with Gasteiger partial charge in [-0.2, -0.15) is 5.26 Å². The van der Waals surface area contributed by atoms with Crippen LogP contribution in [0.3, 0.4) is 0 Å². The lowest BCUT2D eigenvalue weighted by molar-refractivity contribution is -0.117. The second kappa shape index (κ2) is 9.74. The first-order valence-corrected chi connectivity index (χ1v) is 11.7. The fourth-order valence-electron chi connectivity index (χ4n) is 4.58. The number of carbonyl (C=O) groups is 1. The van der Waals surface area contributed by atoms with Crippen LogP contribution in [0.15, 0.2) is 90.8 Å². The van der Waals surface area contributed by atoms with Gasteiger partial charge in [0, 0.05) is 52.9 Å². The molecule has 35 heavy (non-hydrogen) atoms. The van der Waals surface area contributed by atoms with Crippen molar-refractivity contribution in [3.8, 4) is 6.07 Å². The zero-order valence-electron chi connectivity index (χ0n) is 19.6. The first kappa shape index (κ1) is 22.2. The number of fused-ring (bicyclic) bond motifs is 2. The summed E-state index contributed by atoms with van der Waals surface area (Å²) in [7, 11) is 0. The monoisotopic (exact) mass is 458 g/mol. The van der Waals surface area contributed by atoms with Crippen LogP contribution in [0.5, 0.6) is 0 Å². The van der Waals surface area contributed by atoms with Gasteiger partial charge in [0.05, 0.1) is 0 Å². The van der Waals surface area contributed by atoms with Crippen molar-refractivity contribution in [3.63, 3.8) is 0 Å². The Morgan fingerprint density at radius 2 is 1.86 bits per heavy atom. The Kier molecular flexibility index (Phi) is 6.19. The Balaban J connectivity index is 1.35. The summed E-state index contributed by atoms with van der Waals surface area (Å²) in [5.74, 6) is -0.358. The smallest absolute Gasteiger partial charge is 0.261 e. The van der Waals surface area contributed by atoms with Crippen LogP contribution in [-0.2, 0) is 17.8 Å². The third-order valence-corrected chi connectivity index (χ3v) is 6.27. The van der Waals surface area contributed by atoms with Gasteiger partial charge in [0.15, 0.2) is 0 Å². The predicted molar refractivity (Wildman–Crippen MR) is 141 cm³/mol. The van der Waals surface area contributed by atoms with E-state index in [4.69, 9.17) is 0 Å². The number of hydrogen-bond donors (Lipinski definition) is 2. The molecule has 0 saturated heterocycles. The van der Waals surface area contributed by atoms with E-state index in [1.54, 1.807) is 6.08 Å². The molecule has 5 aromatic rings. The van der Waals surface area contributed by atoms with Crippen LogP contribution in [0.1, 0.15) is 22.3 Å². The van der Waals surface area contributed by atoms with Crippen molar-refractivity contribution in [1.29, 1.82) is 5.26 Å². The normalized spacial score (nSPS) is 11.6. The predicted octanol–water partition coefficient (Wildman–Crippen LogP) is 5.75. The highest BCUT2D eigenvalue weighted by atomic mass is 16.1. The van der Waals surface area contributed by atoms with Crippen molar-refractivity contribution < 1.29 is 4.79 Å². The molecular formula is C30H26N4O. The van der Waals surface area contributed by atoms with Gasteiger partial charge in [-0.1, -0.05) is 66.2 Å². The highest BCUT2D eigenvalue weighted by Crippen LogP contribution is 2.25. The number of nitrogens with zero attached hydrogens (tertiary/aromatic N) is 2. The highest BCUT2D eigenvalue weighted by Gasteiger charge is 2.13. The third-order valence-electron chi connectivity index (χ3n) is 6.27. The van der Waals surface area contributed by atoms with Crippen LogP contribution in [0.4, 0.5) is 0 Å². The molecule has 0 aliphatic rings. The summed E-state index contributed by atoms with van der Waals surface area (Å²) in [6.45, 7) is 3.26. The van der Waals surface area contributed by atoms with Gasteiger partial charge < -0.3 is 14.9 Å². The van der Waals surface area contributed by atoms with E-state index >= 15 is 0 Å². The fourth-order valence-corrected chi connectivity index (χ4v) is 4.58. The van der Waals surface area contributed by atoms with Crippen molar-refractivity contribution in [2.24, 2.45) is 0 Å². The molecule has 0 radical (unpaired) electrons. The molecule has 172 valence electrons. The second-order valence-electron chi connectivity index (χ2n) is 8.75. The summed E-state index contributed by atoms with van der Waals surface area (Å²) in [6, 6.07) is 26.7. The Hall–Kier alpha value is -4.56. The molecule has 5 heteroatoms. The van der Waals surface area contributed by atoms with Crippen molar-refractivity contribution in [3.05, 3.63) is 113 Å². The molecule has 0 aliphatic heterocycles. The van der Waals surface area contributed by atoms with Crippen molar-refractivity contribution in [1.82, 2.24) is 14.9 Å². The number of aromatic nitrogens is 2. The molecule has 0 fully saturated rings. The Morgan fingerprint density at radius 1 is 1.06 bits per heavy atom. The number of hydrogen-bond acceptors (Lipinski definition) is 2. The zero-order chi connectivity index (χ0) is 24.2. The first-order chi connectivity index (χ1) is 17.1. The number of aromatic amines is 1. The summed E-state index contributed by atoms with van der Waals surface area (Å²) >= 11 is 0. The van der Waals surface area contributed by atoms with Gasteiger partial charge >= 0.3 is 0 Å². The topological polar surface area (TPSA) is 73.6 Å². The largest absolute Gasteiger partial charge is 0.361 e. The van der Waals surface area contributed by atoms with Crippen LogP contribution in [-0.4, -0.2) is 22.0 Å². The standard InChI is InChI=1S/C30H26N4O/c1-21-7-6-8-22(15-21)19-34-20-25(27-10-3-5-12-29(27)34)16-24(17-31)30(35)32-14-13-23-18-33-28-11-4-2-9-26(23)28/h2-12,15-16,18,20,33H,13-14,19H2,1H3,(H,32,35). The molecule has 2 aromatic heterocycles. The maximum absolute atomic E-state index is 12.8. The molecule has 2 heterocycles. The number of rotatable bonds is 7. The van der Waals surface area contributed by atoms with Crippen LogP contribution in [0.2, 0.25) is 0 Å². The van der Waals surface area contributed by atoms with Crippen LogP contribution in [0.25, 0.3) is 27.9 Å². The molecule has 5 nitrogen and oxygen atoms in total. The highest BCUT2D eigenvalue weighted by molar-refractivity contribution is 6.04. The number of amides is 1. The van der Waals surface area contributed by atoms with E-state index in [-0.39, 0.29) is 11.5 Å². The number of H-pyrrole nitrogens is 1. The lowest BCUT2D eigenvalue weighted by Gasteiger charge is -2.06. The molecule has 0 unspecified atom stereocenters. The van der Waals surface area contributed by atoms with Gasteiger partial charge in [0.25, 0.3) is 5.91 Å². The minimum Gasteiger partial charge on any atom is -0.361 e. The van der Waals surface area contributed by atoms with Crippen LogP contribution < -0.4 is 5.32 Å². The van der Waals surface area contributed by atoms with Gasteiger partial charge in [0.1, 0.15) is 11.6 Å². The average molecular weight is 459 g/mol. The number of carbonyl (C=O) groups excluding carboxylic acids is 1. The maximum atomic E-state index is 12.8. The zero-order valence-corrected chi connectivity index (χ0v) is 19.6. The minimum absolute atomic E-state index is 0.0994. The maximum Gasteiger partial charge on any atom is 0.261 e. The molecule has 0 atom stereocenters. The van der Waals surface area contributed by atoms with E-state index < -0.39 is 0 Å². The number of para-hydroxylation sites is 2. The number of aryl methyl sites for hydroxylation is 1. The molecule has 0 aliphatic carbocycles. The summed E-state index contributed by atoms with van der Waals surface area (Å²) < 4.78 is 2.17. The van der Waals surface area contributed by atoms with Gasteiger partial charge in [-0.05, 0) is 42.7 Å². The van der Waals surface area contributed by atoms with Gasteiger partial charge in [-0.3, -0.25) is 4.79 Å². The second-order valence-corrected chi connectivity index (χ2v) is 8.75. The molecule has 0 saturated carbocycles. The quantitative estimate of drug-likeness (QED) is 0.241. The molecule has 0 bridgehead atoms. The molecule has 2 N–H and O–H groups in total. The summed E-state index contributed by atoms with van der Waals surface area (Å²) in [6.07, 6.45) is 6.37. The lowest BCUT2D eigenvalue weighted by atomic mass is 10.1. The van der Waals surface area contributed by atoms with E-state index in [1.807, 2.05) is 48.8 Å². The third kappa shape index (κ3) is 4.73. The summed E-state index contributed by atoms with van der Waals surface area (Å²) in [4.78, 5) is 16.1. The fraction of sp³-hybridized carbons (Fsp3) is 0.133. The van der Waals surface area contributed by atoms with E-state index in [0.717, 1.165) is 39.5 Å². The van der Waals surface area contributed by atoms with E-state index in [0.29, 0.717) is 13.0 Å². The molecular weight excluding hydrogens is 432 g/mol. The minimum atomic E-state index is -0.358. The molecule has 0 spiro atoms. The van der Waals surface area contributed by atoms with E-state index in [1.165, 1.54) is 11.1 Å². The number of nitrogens with one attached hydrogen (secondary N) is 2. The van der Waals surface area contributed by atoms with Crippen LogP contribution in [0, 0.1) is 18.3 Å². The Labute approximate surface area is 204 Å². The average Bonchev–Trinajstić information content (AvgIpc) is 3.44. The molecule has 1 amide bonds. The SMILES string of the molecule is Cc1cccc(Cn2cc(C=C(C#N)C(=O)NCCc3c[nH]c4ccccc34)c3ccccc32)c1. The van der Waals surface area contributed by atoms with Gasteiger partial charge in [-0.25, -0.2) is 0 Å². The Bertz CT molecular complexity index is 1600. The van der Waals surface area contributed by atoms with Gasteiger partial charge in [0.2, 0.25) is 0 Å². The van der Waals surface area contributed by atoms with E-state index in [9.17, 15) is 10.1 Å². The van der Waals surface area contributed by atoms with Crippen molar-refractivity contribution >= 4 is 33.8 Å². The van der Waals surface area contributed by atoms with Crippen molar-refractivity contribution in [2.75, 3.05) is 6.54 Å².